The first-order chi connectivity index (χ1) is 12.8. The van der Waals surface area contributed by atoms with Crippen LogP contribution in [0.3, 0.4) is 0 Å². The van der Waals surface area contributed by atoms with Gasteiger partial charge in [-0.1, -0.05) is 58.9 Å². The second-order valence-electron chi connectivity index (χ2n) is 7.91. The topological polar surface area (TPSA) is 35.5 Å². The first kappa shape index (κ1) is 21.0. The van der Waals surface area contributed by atoms with Gasteiger partial charge >= 0.3 is 5.97 Å². The molecule has 0 aliphatic heterocycles. The van der Waals surface area contributed by atoms with Crippen LogP contribution in [-0.2, 0) is 10.2 Å². The molecule has 0 atom stereocenters. The smallest absolute Gasteiger partial charge is 0.311 e. The molecule has 0 N–H and O–H groups in total. The molecule has 0 aliphatic carbocycles. The molecule has 0 saturated heterocycles. The molecule has 2 aromatic rings. The molecule has 0 radical (unpaired) electrons. The molecular weight excluding hydrogens is 336 g/mol. The molecule has 2 rings (SSSR count). The number of carbonyl (C=O) groups is 1. The number of ether oxygens (including phenoxy) is 2. The fraction of sp³-hybridized carbons (Fsp3) is 0.458. The van der Waals surface area contributed by atoms with Gasteiger partial charge in [0.2, 0.25) is 0 Å². The molecule has 0 fully saturated rings. The summed E-state index contributed by atoms with van der Waals surface area (Å²) in [5.41, 5.74) is 2.72. The Morgan fingerprint density at radius 1 is 0.963 bits per heavy atom. The third-order valence-corrected chi connectivity index (χ3v) is 5.09. The average molecular weight is 369 g/mol. The lowest BCUT2D eigenvalue weighted by molar-refractivity contribution is -0.134. The van der Waals surface area contributed by atoms with Crippen molar-refractivity contribution in [2.45, 2.75) is 65.2 Å². The highest BCUT2D eigenvalue weighted by Gasteiger charge is 2.17. The minimum atomic E-state index is -0.226. The summed E-state index contributed by atoms with van der Waals surface area (Å²) in [6.45, 7) is 11.5. The van der Waals surface area contributed by atoms with E-state index in [1.807, 2.05) is 36.4 Å². The van der Waals surface area contributed by atoms with Crippen molar-refractivity contribution in [3.8, 4) is 11.5 Å². The van der Waals surface area contributed by atoms with Crippen molar-refractivity contribution < 1.29 is 14.3 Å². The van der Waals surface area contributed by atoms with Crippen LogP contribution < -0.4 is 9.47 Å². The van der Waals surface area contributed by atoms with E-state index in [0.29, 0.717) is 31.1 Å². The highest BCUT2D eigenvalue weighted by molar-refractivity contribution is 5.72. The van der Waals surface area contributed by atoms with Crippen LogP contribution in [0.2, 0.25) is 0 Å². The molecule has 0 aliphatic rings. The largest absolute Gasteiger partial charge is 0.494 e. The Morgan fingerprint density at radius 2 is 1.56 bits per heavy atom. The Labute approximate surface area is 163 Å². The fourth-order valence-corrected chi connectivity index (χ4v) is 2.72. The van der Waals surface area contributed by atoms with Crippen molar-refractivity contribution in [2.75, 3.05) is 6.61 Å². The minimum absolute atomic E-state index is 0.176. The summed E-state index contributed by atoms with van der Waals surface area (Å²) in [5.74, 6) is 1.67. The van der Waals surface area contributed by atoms with E-state index in [-0.39, 0.29) is 11.4 Å². The van der Waals surface area contributed by atoms with Gasteiger partial charge in [-0.05, 0) is 59.6 Å². The fourth-order valence-electron chi connectivity index (χ4n) is 2.72. The lowest BCUT2D eigenvalue weighted by Crippen LogP contribution is -2.15. The molecule has 3 heteroatoms. The quantitative estimate of drug-likeness (QED) is 0.297. The summed E-state index contributed by atoms with van der Waals surface area (Å²) in [6, 6.07) is 15.9. The zero-order valence-corrected chi connectivity index (χ0v) is 17.2. The summed E-state index contributed by atoms with van der Waals surface area (Å²) >= 11 is 0. The van der Waals surface area contributed by atoms with Crippen LogP contribution in [0, 0.1) is 0 Å². The SMILES string of the molecule is CCC(C)(C)c1ccc(OCCCC(=O)Oc2ccc(C(C)C)cc2)cc1. The number of hydrogen-bond acceptors (Lipinski definition) is 3. The maximum Gasteiger partial charge on any atom is 0.311 e. The molecule has 0 unspecified atom stereocenters. The molecule has 0 amide bonds. The van der Waals surface area contributed by atoms with Crippen molar-refractivity contribution in [1.82, 2.24) is 0 Å². The molecule has 3 nitrogen and oxygen atoms in total. The monoisotopic (exact) mass is 368 g/mol. The average Bonchev–Trinajstić information content (AvgIpc) is 2.66. The van der Waals surface area contributed by atoms with Gasteiger partial charge in [0.25, 0.3) is 0 Å². The van der Waals surface area contributed by atoms with Crippen LogP contribution in [-0.4, -0.2) is 12.6 Å². The molecule has 0 aromatic heterocycles. The Hall–Kier alpha value is -2.29. The van der Waals surface area contributed by atoms with Crippen LogP contribution in [0.1, 0.15) is 70.9 Å². The van der Waals surface area contributed by atoms with Crippen LogP contribution in [0.4, 0.5) is 0 Å². The van der Waals surface area contributed by atoms with Crippen molar-refractivity contribution >= 4 is 5.97 Å². The summed E-state index contributed by atoms with van der Waals surface area (Å²) in [4.78, 5) is 12.0. The first-order valence-corrected chi connectivity index (χ1v) is 9.86. The van der Waals surface area contributed by atoms with Gasteiger partial charge < -0.3 is 9.47 Å². The number of hydrogen-bond donors (Lipinski definition) is 0. The lowest BCUT2D eigenvalue weighted by Gasteiger charge is -2.23. The van der Waals surface area contributed by atoms with E-state index in [1.54, 1.807) is 0 Å². The van der Waals surface area contributed by atoms with Crippen molar-refractivity contribution in [2.24, 2.45) is 0 Å². The van der Waals surface area contributed by atoms with Crippen LogP contribution >= 0.6 is 0 Å². The second kappa shape index (κ2) is 9.59. The van der Waals surface area contributed by atoms with E-state index in [4.69, 9.17) is 9.47 Å². The molecule has 27 heavy (non-hydrogen) atoms. The first-order valence-electron chi connectivity index (χ1n) is 9.86. The van der Waals surface area contributed by atoms with Gasteiger partial charge in [0, 0.05) is 6.42 Å². The molecule has 146 valence electrons. The Balaban J connectivity index is 1.72. The third-order valence-electron chi connectivity index (χ3n) is 5.09. The van der Waals surface area contributed by atoms with Crippen LogP contribution in [0.15, 0.2) is 48.5 Å². The summed E-state index contributed by atoms with van der Waals surface area (Å²) in [6.07, 6.45) is 2.06. The summed E-state index contributed by atoms with van der Waals surface area (Å²) < 4.78 is 11.1. The van der Waals surface area contributed by atoms with Gasteiger partial charge in [-0.3, -0.25) is 4.79 Å². The van der Waals surface area contributed by atoms with E-state index in [2.05, 4.69) is 46.8 Å². The molecule has 0 saturated carbocycles. The standard InChI is InChI=1S/C24H32O3/c1-6-24(4,5)20-11-15-21(16-12-20)26-17-7-8-23(25)27-22-13-9-19(10-14-22)18(2)3/h9-16,18H,6-8,17H2,1-5H3. The maximum absolute atomic E-state index is 12.0. The van der Waals surface area contributed by atoms with Gasteiger partial charge in [0.05, 0.1) is 6.61 Å². The minimum Gasteiger partial charge on any atom is -0.494 e. The summed E-state index contributed by atoms with van der Waals surface area (Å²) in [7, 11) is 0. The maximum atomic E-state index is 12.0. The highest BCUT2D eigenvalue weighted by atomic mass is 16.5. The van der Waals surface area contributed by atoms with E-state index in [9.17, 15) is 4.79 Å². The van der Waals surface area contributed by atoms with Gasteiger partial charge in [-0.15, -0.1) is 0 Å². The lowest BCUT2D eigenvalue weighted by atomic mass is 9.82. The molecule has 0 bridgehead atoms. The van der Waals surface area contributed by atoms with Crippen molar-refractivity contribution in [1.29, 1.82) is 0 Å². The molecule has 0 heterocycles. The number of rotatable bonds is 9. The van der Waals surface area contributed by atoms with Crippen LogP contribution in [0.5, 0.6) is 11.5 Å². The second-order valence-corrected chi connectivity index (χ2v) is 7.91. The van der Waals surface area contributed by atoms with Crippen molar-refractivity contribution in [3.63, 3.8) is 0 Å². The van der Waals surface area contributed by atoms with Gasteiger partial charge in [0.1, 0.15) is 11.5 Å². The van der Waals surface area contributed by atoms with Crippen molar-refractivity contribution in [3.05, 3.63) is 59.7 Å². The van der Waals surface area contributed by atoms with E-state index in [1.165, 1.54) is 11.1 Å². The van der Waals surface area contributed by atoms with E-state index < -0.39 is 0 Å². The Morgan fingerprint density at radius 3 is 2.11 bits per heavy atom. The number of carbonyl (C=O) groups excluding carboxylic acids is 1. The number of esters is 1. The van der Waals surface area contributed by atoms with Gasteiger partial charge in [0.15, 0.2) is 0 Å². The normalized spacial score (nSPS) is 11.5. The predicted molar refractivity (Wildman–Crippen MR) is 111 cm³/mol. The van der Waals surface area contributed by atoms with Gasteiger partial charge in [-0.25, -0.2) is 0 Å². The Kier molecular flexibility index (Phi) is 7.46. The summed E-state index contributed by atoms with van der Waals surface area (Å²) in [5, 5.41) is 0. The van der Waals surface area contributed by atoms with Gasteiger partial charge in [-0.2, -0.15) is 0 Å². The van der Waals surface area contributed by atoms with Crippen LogP contribution in [0.25, 0.3) is 0 Å². The predicted octanol–water partition coefficient (Wildman–Crippen LogP) is 6.26. The Bertz CT molecular complexity index is 712. The molecular formula is C24H32O3. The highest BCUT2D eigenvalue weighted by Crippen LogP contribution is 2.28. The molecule has 2 aromatic carbocycles. The zero-order chi connectivity index (χ0) is 19.9. The van der Waals surface area contributed by atoms with E-state index >= 15 is 0 Å². The number of benzene rings is 2. The zero-order valence-electron chi connectivity index (χ0n) is 17.2. The molecule has 0 spiro atoms. The third kappa shape index (κ3) is 6.42. The van der Waals surface area contributed by atoms with E-state index in [0.717, 1.165) is 12.2 Å².